The smallest absolute Gasteiger partial charge is 0.153 e. The molecule has 0 heterocycles. The van der Waals surface area contributed by atoms with Crippen molar-refractivity contribution in [2.24, 2.45) is 0 Å². The molecule has 21 heavy (non-hydrogen) atoms. The molecule has 3 nitrogen and oxygen atoms in total. The first-order chi connectivity index (χ1) is 10.3. The van der Waals surface area contributed by atoms with Gasteiger partial charge in [0.05, 0.1) is 12.7 Å². The molecule has 0 unspecified atom stereocenters. The molecular weight excluding hydrogens is 264 g/mol. The van der Waals surface area contributed by atoms with E-state index in [9.17, 15) is 4.79 Å². The third-order valence-corrected chi connectivity index (χ3v) is 3.74. The molecule has 1 fully saturated rings. The molecule has 0 bridgehead atoms. The summed E-state index contributed by atoms with van der Waals surface area (Å²) in [7, 11) is 1.61. The van der Waals surface area contributed by atoms with E-state index in [1.165, 1.54) is 0 Å². The minimum absolute atomic E-state index is 0.450. The van der Waals surface area contributed by atoms with Crippen molar-refractivity contribution in [3.63, 3.8) is 0 Å². The lowest BCUT2D eigenvalue weighted by Crippen LogP contribution is -2.02. The Labute approximate surface area is 124 Å². The average molecular weight is 282 g/mol. The van der Waals surface area contributed by atoms with Crippen LogP contribution < -0.4 is 9.47 Å². The number of ether oxygens (including phenoxy) is 2. The van der Waals surface area contributed by atoms with Crippen molar-refractivity contribution in [3.8, 4) is 11.5 Å². The minimum atomic E-state index is 0.450. The number of rotatable bonds is 6. The van der Waals surface area contributed by atoms with Crippen LogP contribution in [0.25, 0.3) is 0 Å². The zero-order chi connectivity index (χ0) is 14.7. The van der Waals surface area contributed by atoms with E-state index >= 15 is 0 Å². The molecule has 1 aliphatic carbocycles. The van der Waals surface area contributed by atoms with Crippen molar-refractivity contribution in [1.29, 1.82) is 0 Å². The van der Waals surface area contributed by atoms with Crippen LogP contribution in [0.3, 0.4) is 0 Å². The Bertz CT molecular complexity index is 630. The number of benzene rings is 2. The number of carbonyl (C=O) groups is 1. The Morgan fingerprint density at radius 1 is 1.14 bits per heavy atom. The van der Waals surface area contributed by atoms with Gasteiger partial charge in [-0.25, -0.2) is 0 Å². The number of hydrogen-bond acceptors (Lipinski definition) is 3. The summed E-state index contributed by atoms with van der Waals surface area (Å²) in [5, 5.41) is 0. The molecule has 0 aromatic heterocycles. The van der Waals surface area contributed by atoms with Crippen molar-refractivity contribution in [2.45, 2.75) is 25.4 Å². The normalized spacial score (nSPS) is 13.8. The number of carbonyl (C=O) groups excluding carboxylic acids is 1. The first kappa shape index (κ1) is 13.7. The summed E-state index contributed by atoms with van der Waals surface area (Å²) in [5.74, 6) is 1.94. The van der Waals surface area contributed by atoms with Crippen LogP contribution in [0.2, 0.25) is 0 Å². The molecule has 108 valence electrons. The molecule has 1 aliphatic rings. The summed E-state index contributed by atoms with van der Waals surface area (Å²) < 4.78 is 11.4. The highest BCUT2D eigenvalue weighted by Gasteiger charge is 2.31. The number of methoxy groups -OCH3 is 1. The van der Waals surface area contributed by atoms with Gasteiger partial charge in [-0.3, -0.25) is 4.79 Å². The number of aldehydes is 1. The number of hydrogen-bond donors (Lipinski definition) is 0. The highest BCUT2D eigenvalue weighted by Crippen LogP contribution is 2.49. The fourth-order valence-electron chi connectivity index (χ4n) is 2.54. The van der Waals surface area contributed by atoms with Crippen molar-refractivity contribution in [2.75, 3.05) is 7.11 Å². The Hall–Kier alpha value is -2.29. The summed E-state index contributed by atoms with van der Waals surface area (Å²) in [5.41, 5.74) is 2.75. The zero-order valence-corrected chi connectivity index (χ0v) is 12.0. The van der Waals surface area contributed by atoms with Crippen LogP contribution in [0.1, 0.15) is 40.2 Å². The lowest BCUT2D eigenvalue weighted by Gasteiger charge is -2.16. The Balaban J connectivity index is 1.89. The largest absolute Gasteiger partial charge is 0.496 e. The van der Waals surface area contributed by atoms with Crippen LogP contribution >= 0.6 is 0 Å². The molecular formula is C18H18O3. The van der Waals surface area contributed by atoms with Gasteiger partial charge in [-0.15, -0.1) is 0 Å². The second-order valence-corrected chi connectivity index (χ2v) is 5.27. The summed E-state index contributed by atoms with van der Waals surface area (Å²) in [6.45, 7) is 0.518. The van der Waals surface area contributed by atoms with Crippen molar-refractivity contribution >= 4 is 6.29 Å². The lowest BCUT2D eigenvalue weighted by atomic mass is 10.0. The predicted molar refractivity (Wildman–Crippen MR) is 81.1 cm³/mol. The zero-order valence-electron chi connectivity index (χ0n) is 12.0. The third kappa shape index (κ3) is 2.92. The maximum Gasteiger partial charge on any atom is 0.153 e. The first-order valence-corrected chi connectivity index (χ1v) is 7.16. The maximum absolute atomic E-state index is 11.2. The van der Waals surface area contributed by atoms with Crippen LogP contribution in [0.5, 0.6) is 11.5 Å². The van der Waals surface area contributed by atoms with Crippen LogP contribution in [0.15, 0.2) is 42.5 Å². The summed E-state index contributed by atoms with van der Waals surface area (Å²) >= 11 is 0. The molecule has 1 saturated carbocycles. The highest BCUT2D eigenvalue weighted by atomic mass is 16.5. The first-order valence-electron chi connectivity index (χ1n) is 7.16. The molecule has 3 rings (SSSR count). The van der Waals surface area contributed by atoms with Gasteiger partial charge in [0.15, 0.2) is 6.29 Å². The van der Waals surface area contributed by atoms with E-state index in [0.29, 0.717) is 23.8 Å². The molecule has 0 saturated heterocycles. The van der Waals surface area contributed by atoms with Gasteiger partial charge >= 0.3 is 0 Å². The van der Waals surface area contributed by atoms with E-state index in [4.69, 9.17) is 9.47 Å². The highest BCUT2D eigenvalue weighted by molar-refractivity contribution is 5.81. The van der Waals surface area contributed by atoms with Crippen LogP contribution in [-0.4, -0.2) is 13.4 Å². The van der Waals surface area contributed by atoms with E-state index in [-0.39, 0.29) is 0 Å². The Morgan fingerprint density at radius 2 is 1.90 bits per heavy atom. The van der Waals surface area contributed by atoms with Gasteiger partial charge in [0.1, 0.15) is 18.1 Å². The topological polar surface area (TPSA) is 35.5 Å². The molecule has 0 radical (unpaired) electrons. The van der Waals surface area contributed by atoms with Crippen molar-refractivity contribution < 1.29 is 14.3 Å². The van der Waals surface area contributed by atoms with Gasteiger partial charge in [-0.2, -0.15) is 0 Å². The van der Waals surface area contributed by atoms with Crippen LogP contribution in [-0.2, 0) is 6.61 Å². The predicted octanol–water partition coefficient (Wildman–Crippen LogP) is 3.96. The molecule has 0 amide bonds. The standard InChI is InChI=1S/C18H18O3/c1-20-18-15(11-19)9-10-16(17(18)14-7-8-14)21-12-13-5-3-2-4-6-13/h2-6,9-11,14H,7-8,12H2,1H3. The monoisotopic (exact) mass is 282 g/mol. The summed E-state index contributed by atoms with van der Waals surface area (Å²) in [6.07, 6.45) is 3.09. The van der Waals surface area contributed by atoms with E-state index < -0.39 is 0 Å². The van der Waals surface area contributed by atoms with Crippen LogP contribution in [0.4, 0.5) is 0 Å². The van der Waals surface area contributed by atoms with Gasteiger partial charge in [0.2, 0.25) is 0 Å². The molecule has 2 aromatic rings. The molecule has 2 aromatic carbocycles. The molecule has 0 atom stereocenters. The quantitative estimate of drug-likeness (QED) is 0.752. The SMILES string of the molecule is COc1c(C=O)ccc(OCc2ccccc2)c1C1CC1. The van der Waals surface area contributed by atoms with E-state index in [1.54, 1.807) is 13.2 Å². The van der Waals surface area contributed by atoms with Gasteiger partial charge in [0, 0.05) is 5.56 Å². The van der Waals surface area contributed by atoms with Gasteiger partial charge in [-0.05, 0) is 36.5 Å². The fourth-order valence-corrected chi connectivity index (χ4v) is 2.54. The van der Waals surface area contributed by atoms with Crippen molar-refractivity contribution in [1.82, 2.24) is 0 Å². The summed E-state index contributed by atoms with van der Waals surface area (Å²) in [4.78, 5) is 11.2. The van der Waals surface area contributed by atoms with E-state index in [1.807, 2.05) is 36.4 Å². The van der Waals surface area contributed by atoms with Gasteiger partial charge in [0.25, 0.3) is 0 Å². The van der Waals surface area contributed by atoms with Crippen LogP contribution in [0, 0.1) is 0 Å². The fraction of sp³-hybridized carbons (Fsp3) is 0.278. The molecule has 3 heteroatoms. The Kier molecular flexibility index (Phi) is 3.91. The van der Waals surface area contributed by atoms with Crippen molar-refractivity contribution in [3.05, 3.63) is 59.2 Å². The second-order valence-electron chi connectivity index (χ2n) is 5.27. The lowest BCUT2D eigenvalue weighted by molar-refractivity contribution is 0.112. The van der Waals surface area contributed by atoms with Gasteiger partial charge < -0.3 is 9.47 Å². The summed E-state index contributed by atoms with van der Waals surface area (Å²) in [6, 6.07) is 13.7. The molecule has 0 aliphatic heterocycles. The minimum Gasteiger partial charge on any atom is -0.496 e. The maximum atomic E-state index is 11.2. The van der Waals surface area contributed by atoms with Gasteiger partial charge in [-0.1, -0.05) is 30.3 Å². The van der Waals surface area contributed by atoms with E-state index in [0.717, 1.165) is 36.0 Å². The molecule has 0 spiro atoms. The molecule has 0 N–H and O–H groups in total. The van der Waals surface area contributed by atoms with E-state index in [2.05, 4.69) is 0 Å². The average Bonchev–Trinajstić information content (AvgIpc) is 3.37. The Morgan fingerprint density at radius 3 is 2.52 bits per heavy atom. The second kappa shape index (κ2) is 6.00. The third-order valence-electron chi connectivity index (χ3n) is 3.74.